The van der Waals surface area contributed by atoms with Crippen molar-refractivity contribution in [2.24, 2.45) is 0 Å². The molecule has 126 valence electrons. The largest absolute Gasteiger partial charge is 0.390 e. The predicted molar refractivity (Wildman–Crippen MR) is 101 cm³/mol. The molecular weight excluding hydrogens is 401 g/mol. The zero-order valence-corrected chi connectivity index (χ0v) is 16.0. The molecule has 0 spiro atoms. The van der Waals surface area contributed by atoms with Crippen molar-refractivity contribution in [1.82, 2.24) is 14.9 Å². The quantitative estimate of drug-likeness (QED) is 0.697. The minimum Gasteiger partial charge on any atom is -0.390 e. The average Bonchev–Trinajstić information content (AvgIpc) is 2.89. The molecule has 0 radical (unpaired) electrons. The van der Waals surface area contributed by atoms with Gasteiger partial charge in [-0.3, -0.25) is 0 Å². The zero-order valence-electron chi connectivity index (χ0n) is 12.8. The lowest BCUT2D eigenvalue weighted by atomic mass is 10.0. The van der Waals surface area contributed by atoms with Gasteiger partial charge in [-0.25, -0.2) is 4.98 Å². The van der Waals surface area contributed by atoms with E-state index in [9.17, 15) is 5.11 Å². The summed E-state index contributed by atoms with van der Waals surface area (Å²) >= 11 is 3.52. The molecule has 2 aromatic rings. The normalized spacial score (nSPS) is 20.1. The number of piperidine rings is 1. The van der Waals surface area contributed by atoms with Crippen LogP contribution in [0.25, 0.3) is 11.0 Å². The Morgan fingerprint density at radius 3 is 2.96 bits per heavy atom. The Morgan fingerprint density at radius 2 is 2.22 bits per heavy atom. The van der Waals surface area contributed by atoms with Gasteiger partial charge in [0.05, 0.1) is 36.1 Å². The van der Waals surface area contributed by atoms with Gasteiger partial charge in [-0.15, -0.1) is 24.8 Å². The van der Waals surface area contributed by atoms with Gasteiger partial charge in [0, 0.05) is 4.47 Å². The Hall–Kier alpha value is -0.770. The summed E-state index contributed by atoms with van der Waals surface area (Å²) in [6, 6.07) is 3.98. The molecule has 2 heterocycles. The van der Waals surface area contributed by atoms with Crippen LogP contribution in [0.5, 0.6) is 0 Å². The first-order valence-corrected chi connectivity index (χ1v) is 7.96. The highest BCUT2D eigenvalue weighted by Gasteiger charge is 2.19. The summed E-state index contributed by atoms with van der Waals surface area (Å²) in [6.07, 6.45) is 3.31. The van der Waals surface area contributed by atoms with Crippen molar-refractivity contribution in [3.63, 3.8) is 0 Å². The number of nitrogens with zero attached hydrogens (tertiary/aromatic N) is 2. The van der Waals surface area contributed by atoms with Crippen molar-refractivity contribution in [2.45, 2.75) is 38.5 Å². The van der Waals surface area contributed by atoms with Crippen LogP contribution in [0.4, 0.5) is 0 Å². The second kappa shape index (κ2) is 8.91. The lowest BCUT2D eigenvalue weighted by Gasteiger charge is -2.24. The van der Waals surface area contributed by atoms with E-state index in [-0.39, 0.29) is 37.0 Å². The number of hydrogen-bond donors (Lipinski definition) is 2. The van der Waals surface area contributed by atoms with E-state index in [4.69, 9.17) is 0 Å². The molecule has 4 nitrogen and oxygen atoms in total. The molecule has 23 heavy (non-hydrogen) atoms. The molecule has 1 saturated heterocycles. The molecule has 1 aliphatic heterocycles. The first kappa shape index (κ1) is 20.3. The summed E-state index contributed by atoms with van der Waals surface area (Å²) in [6.45, 7) is 3.57. The van der Waals surface area contributed by atoms with Crippen molar-refractivity contribution < 1.29 is 5.11 Å². The number of rotatable bonds is 1. The summed E-state index contributed by atoms with van der Waals surface area (Å²) in [5, 5.41) is 13.1. The van der Waals surface area contributed by atoms with Crippen molar-refractivity contribution >= 4 is 51.8 Å². The van der Waals surface area contributed by atoms with E-state index in [0.29, 0.717) is 6.54 Å². The lowest BCUT2D eigenvalue weighted by Crippen LogP contribution is -2.43. The molecule has 7 heteroatoms. The molecule has 1 aromatic carbocycles. The Labute approximate surface area is 157 Å². The average molecular weight is 421 g/mol. The molecule has 0 unspecified atom stereocenters. The molecule has 1 aromatic heterocycles. The van der Waals surface area contributed by atoms with Crippen molar-refractivity contribution in [3.05, 3.63) is 28.5 Å². The fraction of sp³-hybridized carbons (Fsp3) is 0.438. The summed E-state index contributed by atoms with van der Waals surface area (Å²) in [4.78, 5) is 4.46. The summed E-state index contributed by atoms with van der Waals surface area (Å²) in [5.41, 5.74) is 3.23. The van der Waals surface area contributed by atoms with Gasteiger partial charge in [0.25, 0.3) is 0 Å². The summed E-state index contributed by atoms with van der Waals surface area (Å²) in [5.74, 6) is 6.28. The summed E-state index contributed by atoms with van der Waals surface area (Å²) < 4.78 is 3.11. The van der Waals surface area contributed by atoms with Gasteiger partial charge in [-0.1, -0.05) is 27.8 Å². The van der Waals surface area contributed by atoms with Crippen molar-refractivity contribution in [1.29, 1.82) is 0 Å². The molecule has 0 bridgehead atoms. The minimum atomic E-state index is -0.357. The van der Waals surface area contributed by atoms with Crippen LogP contribution < -0.4 is 5.32 Å². The number of aliphatic hydroxyl groups excluding tert-OH is 1. The van der Waals surface area contributed by atoms with E-state index >= 15 is 0 Å². The molecular formula is C16H20BrCl2N3O. The van der Waals surface area contributed by atoms with Crippen LogP contribution in [0, 0.1) is 18.8 Å². The third-order valence-corrected chi connectivity index (χ3v) is 4.77. The molecule has 3 rings (SSSR count). The lowest BCUT2D eigenvalue weighted by molar-refractivity contribution is 0.118. The number of aryl methyl sites for hydroxylation is 1. The van der Waals surface area contributed by atoms with Gasteiger partial charge in [0.1, 0.15) is 0 Å². The number of hydrogen-bond acceptors (Lipinski definition) is 3. The molecule has 0 amide bonds. The Morgan fingerprint density at radius 1 is 1.43 bits per heavy atom. The van der Waals surface area contributed by atoms with E-state index in [2.05, 4.69) is 51.1 Å². The monoisotopic (exact) mass is 419 g/mol. The van der Waals surface area contributed by atoms with Gasteiger partial charge >= 0.3 is 0 Å². The first-order chi connectivity index (χ1) is 10.2. The van der Waals surface area contributed by atoms with Crippen LogP contribution in [0.1, 0.15) is 18.4 Å². The van der Waals surface area contributed by atoms with Gasteiger partial charge in [0.2, 0.25) is 0 Å². The SMILES string of the molecule is Cc1c(Br)ccc2c1ncn2CC#C[C@H]1NCCC[C@@H]1O.Cl.Cl. The topological polar surface area (TPSA) is 50.1 Å². The number of aliphatic hydroxyl groups is 1. The number of halogens is 3. The number of imidazole rings is 1. The van der Waals surface area contributed by atoms with Crippen LogP contribution in [0.15, 0.2) is 22.9 Å². The van der Waals surface area contributed by atoms with Crippen LogP contribution >= 0.6 is 40.7 Å². The van der Waals surface area contributed by atoms with Crippen LogP contribution in [-0.4, -0.2) is 33.3 Å². The Bertz CT molecular complexity index is 723. The van der Waals surface area contributed by atoms with Gasteiger partial charge in [-0.05, 0) is 44.0 Å². The smallest absolute Gasteiger partial charge is 0.0967 e. The zero-order chi connectivity index (χ0) is 14.8. The van der Waals surface area contributed by atoms with Crippen molar-refractivity contribution in [3.8, 4) is 11.8 Å². The van der Waals surface area contributed by atoms with Crippen LogP contribution in [0.3, 0.4) is 0 Å². The Balaban J connectivity index is 0.00000132. The van der Waals surface area contributed by atoms with E-state index in [1.54, 1.807) is 0 Å². The number of aromatic nitrogens is 2. The second-order valence-corrected chi connectivity index (χ2v) is 6.23. The third-order valence-electron chi connectivity index (χ3n) is 3.91. The minimum absolute atomic E-state index is 0. The fourth-order valence-corrected chi connectivity index (χ4v) is 2.95. The molecule has 2 atom stereocenters. The van der Waals surface area contributed by atoms with E-state index in [1.807, 2.05) is 17.0 Å². The maximum Gasteiger partial charge on any atom is 0.0967 e. The summed E-state index contributed by atoms with van der Waals surface area (Å²) in [7, 11) is 0. The maximum atomic E-state index is 9.88. The molecule has 0 aliphatic carbocycles. The van der Waals surface area contributed by atoms with Crippen LogP contribution in [0.2, 0.25) is 0 Å². The third kappa shape index (κ3) is 4.40. The van der Waals surface area contributed by atoms with E-state index in [1.165, 1.54) is 0 Å². The molecule has 1 fully saturated rings. The highest BCUT2D eigenvalue weighted by atomic mass is 79.9. The number of fused-ring (bicyclic) bond motifs is 1. The first-order valence-electron chi connectivity index (χ1n) is 7.16. The Kier molecular flexibility index (Phi) is 7.85. The highest BCUT2D eigenvalue weighted by molar-refractivity contribution is 9.10. The van der Waals surface area contributed by atoms with E-state index < -0.39 is 0 Å². The number of benzene rings is 1. The molecule has 0 saturated carbocycles. The van der Waals surface area contributed by atoms with Gasteiger partial charge in [-0.2, -0.15) is 0 Å². The van der Waals surface area contributed by atoms with E-state index in [0.717, 1.165) is 40.5 Å². The standard InChI is InChI=1S/C16H18BrN3O.2ClH/c1-11-12(17)6-7-14-16(11)19-10-20(14)9-3-4-13-15(21)5-2-8-18-13;;/h6-7,10,13,15,18,21H,2,5,8-9H2,1H3;2*1H/t13-,15+;;/m1../s1. The molecule has 2 N–H and O–H groups in total. The van der Waals surface area contributed by atoms with Crippen molar-refractivity contribution in [2.75, 3.05) is 6.54 Å². The fourth-order valence-electron chi connectivity index (χ4n) is 2.63. The van der Waals surface area contributed by atoms with Gasteiger partial charge < -0.3 is 15.0 Å². The second-order valence-electron chi connectivity index (χ2n) is 5.38. The van der Waals surface area contributed by atoms with Crippen LogP contribution in [-0.2, 0) is 6.54 Å². The number of nitrogens with one attached hydrogen (secondary N) is 1. The highest BCUT2D eigenvalue weighted by Crippen LogP contribution is 2.24. The predicted octanol–water partition coefficient (Wildman–Crippen LogP) is 3.07. The van der Waals surface area contributed by atoms with Gasteiger partial charge in [0.15, 0.2) is 0 Å². The molecule has 1 aliphatic rings. The maximum absolute atomic E-state index is 9.88.